The number of halogens is 3. The quantitative estimate of drug-likeness (QED) is 0.819. The van der Waals surface area contributed by atoms with Crippen molar-refractivity contribution in [3.8, 4) is 11.5 Å². The molecule has 6 nitrogen and oxygen atoms in total. The van der Waals surface area contributed by atoms with E-state index in [0.717, 1.165) is 12.1 Å². The Bertz CT molecular complexity index is 882. The molecule has 27 heavy (non-hydrogen) atoms. The monoisotopic (exact) mass is 381 g/mol. The Morgan fingerprint density at radius 1 is 1.11 bits per heavy atom. The van der Waals surface area contributed by atoms with Gasteiger partial charge in [-0.1, -0.05) is 6.07 Å². The molecule has 2 aromatic carbocycles. The van der Waals surface area contributed by atoms with Gasteiger partial charge in [-0.25, -0.2) is 4.79 Å². The van der Waals surface area contributed by atoms with Gasteiger partial charge >= 0.3 is 12.1 Å². The Labute approximate surface area is 151 Å². The van der Waals surface area contributed by atoms with Crippen LogP contribution in [0.4, 0.5) is 18.9 Å². The summed E-state index contributed by atoms with van der Waals surface area (Å²) in [5.41, 5.74) is -0.802. The van der Waals surface area contributed by atoms with Crippen molar-refractivity contribution >= 4 is 17.6 Å². The van der Waals surface area contributed by atoms with Gasteiger partial charge in [0.25, 0.3) is 5.91 Å². The Kier molecular flexibility index (Phi) is 4.93. The van der Waals surface area contributed by atoms with Crippen molar-refractivity contribution in [2.24, 2.45) is 0 Å². The first-order valence-corrected chi connectivity index (χ1v) is 7.83. The van der Waals surface area contributed by atoms with E-state index in [1.807, 2.05) is 0 Å². The lowest BCUT2D eigenvalue weighted by Crippen LogP contribution is -2.30. The van der Waals surface area contributed by atoms with Crippen molar-refractivity contribution in [1.82, 2.24) is 0 Å². The predicted molar refractivity (Wildman–Crippen MR) is 87.5 cm³/mol. The Morgan fingerprint density at radius 3 is 2.59 bits per heavy atom. The molecule has 9 heteroatoms. The molecule has 0 aromatic heterocycles. The second-order valence-corrected chi connectivity index (χ2v) is 5.68. The van der Waals surface area contributed by atoms with Gasteiger partial charge in [0.15, 0.2) is 17.6 Å². The minimum atomic E-state index is -4.53. The number of nitrogens with one attached hydrogen (secondary N) is 1. The van der Waals surface area contributed by atoms with Gasteiger partial charge in [-0.2, -0.15) is 13.2 Å². The average Bonchev–Trinajstić information content (AvgIpc) is 3.08. The number of rotatable bonds is 4. The van der Waals surface area contributed by atoms with Gasteiger partial charge in [0.2, 0.25) is 6.79 Å². The van der Waals surface area contributed by atoms with Gasteiger partial charge in [0.05, 0.1) is 11.1 Å². The lowest BCUT2D eigenvalue weighted by Gasteiger charge is -2.14. The van der Waals surface area contributed by atoms with Crippen LogP contribution in [0.2, 0.25) is 0 Å². The van der Waals surface area contributed by atoms with E-state index < -0.39 is 29.7 Å². The molecule has 142 valence electrons. The van der Waals surface area contributed by atoms with Crippen molar-refractivity contribution in [3.05, 3.63) is 53.6 Å². The minimum Gasteiger partial charge on any atom is -0.454 e. The van der Waals surface area contributed by atoms with Gasteiger partial charge in [-0.3, -0.25) is 4.79 Å². The van der Waals surface area contributed by atoms with Crippen LogP contribution in [0.5, 0.6) is 11.5 Å². The van der Waals surface area contributed by atoms with E-state index in [1.165, 1.54) is 37.3 Å². The van der Waals surface area contributed by atoms with E-state index in [1.54, 1.807) is 0 Å². The highest BCUT2D eigenvalue weighted by Gasteiger charge is 2.30. The van der Waals surface area contributed by atoms with Crippen LogP contribution in [0, 0.1) is 0 Å². The third kappa shape index (κ3) is 4.30. The van der Waals surface area contributed by atoms with Crippen molar-refractivity contribution in [2.45, 2.75) is 19.2 Å². The summed E-state index contributed by atoms with van der Waals surface area (Å²) in [5.74, 6) is -0.671. The highest BCUT2D eigenvalue weighted by molar-refractivity contribution is 5.97. The van der Waals surface area contributed by atoms with Gasteiger partial charge in [0.1, 0.15) is 0 Å². The second kappa shape index (κ2) is 7.18. The summed E-state index contributed by atoms with van der Waals surface area (Å²) < 4.78 is 53.5. The number of fused-ring (bicyclic) bond motifs is 1. The molecule has 1 amide bonds. The number of hydrogen-bond acceptors (Lipinski definition) is 5. The highest BCUT2D eigenvalue weighted by atomic mass is 19.4. The first-order valence-electron chi connectivity index (χ1n) is 7.83. The van der Waals surface area contributed by atoms with E-state index >= 15 is 0 Å². The fraction of sp³-hybridized carbons (Fsp3) is 0.222. The van der Waals surface area contributed by atoms with E-state index in [9.17, 15) is 22.8 Å². The molecule has 0 fully saturated rings. The van der Waals surface area contributed by atoms with E-state index in [2.05, 4.69) is 5.32 Å². The number of ether oxygens (including phenoxy) is 3. The molecule has 1 unspecified atom stereocenters. The average molecular weight is 381 g/mol. The number of carbonyl (C=O) groups excluding carboxylic acids is 2. The molecule has 0 radical (unpaired) electrons. The smallest absolute Gasteiger partial charge is 0.416 e. The van der Waals surface area contributed by atoms with Crippen molar-refractivity contribution in [2.75, 3.05) is 12.1 Å². The van der Waals surface area contributed by atoms with Crippen LogP contribution in [0.3, 0.4) is 0 Å². The molecule has 1 heterocycles. The van der Waals surface area contributed by atoms with Crippen molar-refractivity contribution in [1.29, 1.82) is 0 Å². The third-order valence-corrected chi connectivity index (χ3v) is 3.72. The summed E-state index contributed by atoms with van der Waals surface area (Å²) in [6, 6.07) is 8.56. The van der Waals surface area contributed by atoms with Crippen molar-refractivity contribution in [3.63, 3.8) is 0 Å². The molecule has 0 aliphatic carbocycles. The molecule has 1 atom stereocenters. The SMILES string of the molecule is CC(OC(=O)c1ccc2c(c1)OCO2)C(=O)Nc1cccc(C(F)(F)F)c1. The minimum absolute atomic E-state index is 0.0453. The molecule has 0 saturated heterocycles. The van der Waals surface area contributed by atoms with Crippen LogP contribution in [-0.4, -0.2) is 24.8 Å². The van der Waals surface area contributed by atoms with Crippen molar-refractivity contribution < 1.29 is 37.0 Å². The van der Waals surface area contributed by atoms with E-state index in [0.29, 0.717) is 11.5 Å². The lowest BCUT2D eigenvalue weighted by molar-refractivity contribution is -0.137. The van der Waals surface area contributed by atoms with Crippen LogP contribution in [0.25, 0.3) is 0 Å². The Hall–Kier alpha value is -3.23. The molecule has 0 spiro atoms. The molecule has 1 aliphatic rings. The zero-order valence-corrected chi connectivity index (χ0v) is 14.0. The number of amides is 1. The molecular weight excluding hydrogens is 367 g/mol. The summed E-state index contributed by atoms with van der Waals surface area (Å²) in [6.07, 6.45) is -5.75. The number of alkyl halides is 3. The molecule has 3 rings (SSSR count). The molecule has 2 aromatic rings. The van der Waals surface area contributed by atoms with E-state index in [4.69, 9.17) is 14.2 Å². The largest absolute Gasteiger partial charge is 0.454 e. The van der Waals surface area contributed by atoms with Gasteiger partial charge in [-0.15, -0.1) is 0 Å². The zero-order chi connectivity index (χ0) is 19.6. The van der Waals surface area contributed by atoms with Gasteiger partial charge in [0, 0.05) is 5.69 Å². The second-order valence-electron chi connectivity index (χ2n) is 5.68. The fourth-order valence-corrected chi connectivity index (χ4v) is 2.32. The molecule has 0 saturated carbocycles. The zero-order valence-electron chi connectivity index (χ0n) is 14.0. The topological polar surface area (TPSA) is 73.9 Å². The summed E-state index contributed by atoms with van der Waals surface area (Å²) in [7, 11) is 0. The molecular formula is C18H14F3NO5. The number of hydrogen-bond donors (Lipinski definition) is 1. The molecule has 1 aliphatic heterocycles. The van der Waals surface area contributed by atoms with E-state index in [-0.39, 0.29) is 18.0 Å². The maximum Gasteiger partial charge on any atom is 0.416 e. The Morgan fingerprint density at radius 2 is 1.85 bits per heavy atom. The first kappa shape index (κ1) is 18.6. The number of esters is 1. The van der Waals surface area contributed by atoms with Crippen LogP contribution < -0.4 is 14.8 Å². The summed E-state index contributed by atoms with van der Waals surface area (Å²) in [5, 5.41) is 2.29. The molecule has 0 bridgehead atoms. The predicted octanol–water partition coefficient (Wildman–Crippen LogP) is 3.62. The number of benzene rings is 2. The standard InChI is InChI=1S/C18H14F3NO5/c1-10(16(23)22-13-4-2-3-12(8-13)18(19,20)21)27-17(24)11-5-6-14-15(7-11)26-9-25-14/h2-8,10H,9H2,1H3,(H,22,23). The van der Waals surface area contributed by atoms with Gasteiger partial charge in [-0.05, 0) is 43.3 Å². The number of carbonyl (C=O) groups is 2. The fourth-order valence-electron chi connectivity index (χ4n) is 2.32. The van der Waals surface area contributed by atoms with Crippen LogP contribution in [0.1, 0.15) is 22.8 Å². The number of anilines is 1. The van der Waals surface area contributed by atoms with Gasteiger partial charge < -0.3 is 19.5 Å². The molecule has 1 N–H and O–H groups in total. The maximum atomic E-state index is 12.7. The summed E-state index contributed by atoms with van der Waals surface area (Å²) in [6.45, 7) is 1.36. The first-order chi connectivity index (χ1) is 12.7. The van der Waals surface area contributed by atoms with Crippen LogP contribution >= 0.6 is 0 Å². The summed E-state index contributed by atoms with van der Waals surface area (Å²) >= 11 is 0. The maximum absolute atomic E-state index is 12.7. The highest BCUT2D eigenvalue weighted by Crippen LogP contribution is 2.33. The Balaban J connectivity index is 1.63. The normalized spacial score (nSPS) is 13.8. The lowest BCUT2D eigenvalue weighted by atomic mass is 10.2. The van der Waals surface area contributed by atoms with Crippen LogP contribution in [0.15, 0.2) is 42.5 Å². The van der Waals surface area contributed by atoms with Crippen LogP contribution in [-0.2, 0) is 15.7 Å². The summed E-state index contributed by atoms with van der Waals surface area (Å²) in [4.78, 5) is 24.3. The third-order valence-electron chi connectivity index (χ3n) is 3.72.